The van der Waals surface area contributed by atoms with Gasteiger partial charge in [0.2, 0.25) is 5.91 Å². The van der Waals surface area contributed by atoms with E-state index in [1.54, 1.807) is 18.5 Å². The number of nitrogens with zero attached hydrogens (tertiary/aromatic N) is 4. The molecule has 1 atom stereocenters. The van der Waals surface area contributed by atoms with Crippen LogP contribution >= 0.6 is 0 Å². The van der Waals surface area contributed by atoms with Crippen LogP contribution in [0.15, 0.2) is 78.0 Å². The van der Waals surface area contributed by atoms with Gasteiger partial charge in [0.05, 0.1) is 22.4 Å². The van der Waals surface area contributed by atoms with Crippen LogP contribution in [-0.4, -0.2) is 39.6 Å². The van der Waals surface area contributed by atoms with Crippen molar-refractivity contribution in [3.63, 3.8) is 0 Å². The smallest absolute Gasteiger partial charge is 0.238 e. The molecule has 35 heavy (non-hydrogen) atoms. The van der Waals surface area contributed by atoms with E-state index in [0.717, 1.165) is 36.4 Å². The molecule has 1 aliphatic rings. The number of hydrogen-bond donors (Lipinski definition) is 1. The summed E-state index contributed by atoms with van der Waals surface area (Å²) < 4.78 is 13.8. The average molecular weight is 468 g/mol. The van der Waals surface area contributed by atoms with Gasteiger partial charge in [0, 0.05) is 24.6 Å². The summed E-state index contributed by atoms with van der Waals surface area (Å²) in [6.07, 6.45) is 3.28. The molecule has 2 heterocycles. The second-order valence-corrected chi connectivity index (χ2v) is 8.54. The van der Waals surface area contributed by atoms with Gasteiger partial charge in [0.15, 0.2) is 0 Å². The number of carbonyl (C=O) groups is 1. The monoisotopic (exact) mass is 467 g/mol. The number of aliphatic imine (C=N–C) groups is 1. The van der Waals surface area contributed by atoms with Crippen LogP contribution in [0.2, 0.25) is 0 Å². The molecule has 1 unspecified atom stereocenters. The van der Waals surface area contributed by atoms with Crippen LogP contribution in [0.5, 0.6) is 0 Å². The molecule has 1 N–H and O–H groups in total. The average Bonchev–Trinajstić information content (AvgIpc) is 3.20. The summed E-state index contributed by atoms with van der Waals surface area (Å²) in [5.41, 5.74) is 5.94. The van der Waals surface area contributed by atoms with Gasteiger partial charge in [-0.25, -0.2) is 4.39 Å². The quantitative estimate of drug-likeness (QED) is 0.366. The van der Waals surface area contributed by atoms with Crippen molar-refractivity contribution in [3.8, 4) is 0 Å². The molecule has 4 aromatic rings. The zero-order valence-corrected chi connectivity index (χ0v) is 19.7. The Bertz CT molecular complexity index is 1410. The molecule has 3 aromatic carbocycles. The van der Waals surface area contributed by atoms with Crippen molar-refractivity contribution in [2.45, 2.75) is 26.3 Å². The van der Waals surface area contributed by atoms with Gasteiger partial charge in [-0.15, -0.1) is 0 Å². The molecule has 0 bridgehead atoms. The number of halogens is 1. The first kappa shape index (κ1) is 22.8. The van der Waals surface area contributed by atoms with Crippen LogP contribution in [0.1, 0.15) is 36.5 Å². The minimum atomic E-state index is -0.671. The highest BCUT2D eigenvalue weighted by Gasteiger charge is 2.35. The van der Waals surface area contributed by atoms with Crippen LogP contribution in [0, 0.1) is 5.82 Å². The molecular formula is C28H26FN5O. The second-order valence-electron chi connectivity index (χ2n) is 8.54. The number of anilines is 1. The van der Waals surface area contributed by atoms with Crippen molar-refractivity contribution in [2.24, 2.45) is 4.99 Å². The molecule has 0 spiro atoms. The molecule has 176 valence electrons. The molecule has 1 amide bonds. The Morgan fingerprint density at radius 3 is 2.46 bits per heavy atom. The fourth-order valence-corrected chi connectivity index (χ4v) is 4.44. The predicted molar refractivity (Wildman–Crippen MR) is 137 cm³/mol. The topological polar surface area (TPSA) is 70.5 Å². The van der Waals surface area contributed by atoms with Crippen LogP contribution in [0.4, 0.5) is 15.8 Å². The summed E-state index contributed by atoms with van der Waals surface area (Å²) in [6, 6.07) is 18.1. The molecule has 1 aromatic heterocycles. The number of aromatic nitrogens is 2. The third-order valence-corrected chi connectivity index (χ3v) is 6.37. The Hall–Kier alpha value is -3.97. The van der Waals surface area contributed by atoms with Crippen molar-refractivity contribution in [3.05, 3.63) is 95.6 Å². The van der Waals surface area contributed by atoms with Crippen LogP contribution in [-0.2, 0) is 11.3 Å². The fourth-order valence-electron chi connectivity index (χ4n) is 4.44. The van der Waals surface area contributed by atoms with E-state index >= 15 is 0 Å². The van der Waals surface area contributed by atoms with Crippen molar-refractivity contribution < 1.29 is 9.18 Å². The number of fused-ring (bicyclic) bond motifs is 2. The first-order chi connectivity index (χ1) is 17.1. The van der Waals surface area contributed by atoms with Gasteiger partial charge >= 0.3 is 0 Å². The third-order valence-electron chi connectivity index (χ3n) is 6.37. The van der Waals surface area contributed by atoms with E-state index in [1.807, 2.05) is 30.3 Å². The largest absolute Gasteiger partial charge is 0.325 e. The van der Waals surface area contributed by atoms with E-state index < -0.39 is 11.7 Å². The van der Waals surface area contributed by atoms with E-state index in [1.165, 1.54) is 17.7 Å². The van der Waals surface area contributed by atoms with Crippen molar-refractivity contribution in [1.82, 2.24) is 14.9 Å². The van der Waals surface area contributed by atoms with Crippen LogP contribution < -0.4 is 5.32 Å². The minimum absolute atomic E-state index is 0.234. The molecule has 5 rings (SSSR count). The highest BCUT2D eigenvalue weighted by Crippen LogP contribution is 2.37. The summed E-state index contributed by atoms with van der Waals surface area (Å²) in [4.78, 5) is 29.2. The molecule has 0 saturated carbocycles. The summed E-state index contributed by atoms with van der Waals surface area (Å²) >= 11 is 0. The van der Waals surface area contributed by atoms with Crippen molar-refractivity contribution >= 4 is 34.0 Å². The highest BCUT2D eigenvalue weighted by molar-refractivity contribution is 6.24. The number of benzene rings is 3. The maximum Gasteiger partial charge on any atom is 0.238 e. The van der Waals surface area contributed by atoms with Gasteiger partial charge in [-0.2, -0.15) is 0 Å². The predicted octanol–water partition coefficient (Wildman–Crippen LogP) is 5.47. The lowest BCUT2D eigenvalue weighted by Gasteiger charge is -2.18. The Morgan fingerprint density at radius 2 is 1.71 bits per heavy atom. The van der Waals surface area contributed by atoms with E-state index in [-0.39, 0.29) is 5.91 Å². The minimum Gasteiger partial charge on any atom is -0.325 e. The SMILES string of the molecule is CCN(CC)Cc1ccc(N=C(c2ccc3nccnc3c2)C2C(=O)Nc3cc(F)ccc32)cc1. The summed E-state index contributed by atoms with van der Waals surface area (Å²) in [7, 11) is 0. The van der Waals surface area contributed by atoms with E-state index in [2.05, 4.69) is 46.2 Å². The zero-order valence-electron chi connectivity index (χ0n) is 19.7. The van der Waals surface area contributed by atoms with E-state index in [0.29, 0.717) is 22.5 Å². The lowest BCUT2D eigenvalue weighted by atomic mass is 9.90. The van der Waals surface area contributed by atoms with Gasteiger partial charge in [-0.3, -0.25) is 24.7 Å². The Kier molecular flexibility index (Phi) is 6.33. The first-order valence-corrected chi connectivity index (χ1v) is 11.8. The molecule has 0 fully saturated rings. The number of rotatable bonds is 7. The zero-order chi connectivity index (χ0) is 24.4. The number of carbonyl (C=O) groups excluding carboxylic acids is 1. The van der Waals surface area contributed by atoms with Crippen LogP contribution in [0.3, 0.4) is 0 Å². The molecular weight excluding hydrogens is 441 g/mol. The lowest BCUT2D eigenvalue weighted by molar-refractivity contribution is -0.115. The van der Waals surface area contributed by atoms with Crippen molar-refractivity contribution in [1.29, 1.82) is 0 Å². The summed E-state index contributed by atoms with van der Waals surface area (Å²) in [6.45, 7) is 7.15. The first-order valence-electron chi connectivity index (χ1n) is 11.8. The summed E-state index contributed by atoms with van der Waals surface area (Å²) in [5, 5.41) is 2.81. The normalized spacial score (nSPS) is 15.5. The number of hydrogen-bond acceptors (Lipinski definition) is 5. The van der Waals surface area contributed by atoms with Gasteiger partial charge < -0.3 is 5.32 Å². The third kappa shape index (κ3) is 4.68. The maximum absolute atomic E-state index is 13.8. The molecule has 0 radical (unpaired) electrons. The Labute approximate surface area is 203 Å². The summed E-state index contributed by atoms with van der Waals surface area (Å²) in [5.74, 6) is -1.30. The van der Waals surface area contributed by atoms with E-state index in [4.69, 9.17) is 4.99 Å². The standard InChI is InChI=1S/C28H26FN5O/c1-3-34(4-2)17-18-5-9-21(10-6-18)32-27(19-7-12-23-25(15-19)31-14-13-30-23)26-22-11-8-20(29)16-24(22)33-28(26)35/h5-16,26H,3-4,17H2,1-2H3,(H,33,35). The second kappa shape index (κ2) is 9.72. The van der Waals surface area contributed by atoms with Crippen LogP contribution in [0.25, 0.3) is 11.0 Å². The molecule has 6 nitrogen and oxygen atoms in total. The Morgan fingerprint density at radius 1 is 0.971 bits per heavy atom. The molecule has 0 aliphatic carbocycles. The molecule has 0 saturated heterocycles. The maximum atomic E-state index is 13.8. The number of amides is 1. The number of nitrogens with one attached hydrogen (secondary N) is 1. The molecule has 1 aliphatic heterocycles. The van der Waals surface area contributed by atoms with Gasteiger partial charge in [0.25, 0.3) is 0 Å². The molecule has 7 heteroatoms. The fraction of sp³-hybridized carbons (Fsp3) is 0.214. The van der Waals surface area contributed by atoms with E-state index in [9.17, 15) is 9.18 Å². The Balaban J connectivity index is 1.59. The van der Waals surface area contributed by atoms with Crippen molar-refractivity contribution in [2.75, 3.05) is 18.4 Å². The van der Waals surface area contributed by atoms with Gasteiger partial charge in [-0.1, -0.05) is 38.1 Å². The van der Waals surface area contributed by atoms with Gasteiger partial charge in [0.1, 0.15) is 11.7 Å². The lowest BCUT2D eigenvalue weighted by Crippen LogP contribution is -2.22. The highest BCUT2D eigenvalue weighted by atomic mass is 19.1. The van der Waals surface area contributed by atoms with Gasteiger partial charge in [-0.05, 0) is 66.2 Å².